The Bertz CT molecular complexity index is 637. The third kappa shape index (κ3) is 6.84. The molecule has 2 saturated heterocycles. The maximum atomic E-state index is 4.69. The van der Waals surface area contributed by atoms with E-state index >= 15 is 0 Å². The van der Waals surface area contributed by atoms with Gasteiger partial charge in [-0.15, -0.1) is 0 Å². The zero-order chi connectivity index (χ0) is 21.2. The fraction of sp³-hybridized carbons (Fsp3) is 0.739. The molecule has 1 unspecified atom stereocenters. The number of likely N-dealkylation sites (N-methyl/N-ethyl adjacent to an activating group) is 1. The molecule has 3 rings (SSSR count). The molecule has 1 atom stereocenters. The lowest BCUT2D eigenvalue weighted by atomic mass is 10.0. The molecule has 7 heteroatoms. The number of aromatic nitrogens is 1. The van der Waals surface area contributed by atoms with Crippen LogP contribution in [0.5, 0.6) is 0 Å². The minimum atomic E-state index is 0.736. The number of guanidine groups is 1. The number of piperidine rings is 1. The summed E-state index contributed by atoms with van der Waals surface area (Å²) in [6.45, 7) is 14.2. The molecular weight excluding hydrogens is 374 g/mol. The second-order valence-corrected chi connectivity index (χ2v) is 8.53. The van der Waals surface area contributed by atoms with Gasteiger partial charge >= 0.3 is 0 Å². The van der Waals surface area contributed by atoms with Crippen molar-refractivity contribution in [2.45, 2.75) is 52.1 Å². The molecule has 7 nitrogen and oxygen atoms in total. The Hall–Kier alpha value is -1.86. The lowest BCUT2D eigenvalue weighted by Crippen LogP contribution is -2.46. The highest BCUT2D eigenvalue weighted by Gasteiger charge is 2.17. The van der Waals surface area contributed by atoms with Crippen LogP contribution >= 0.6 is 0 Å². The van der Waals surface area contributed by atoms with E-state index in [1.54, 1.807) is 0 Å². The van der Waals surface area contributed by atoms with Crippen molar-refractivity contribution in [2.75, 3.05) is 64.3 Å². The van der Waals surface area contributed by atoms with Gasteiger partial charge < -0.3 is 25.3 Å². The van der Waals surface area contributed by atoms with Crippen LogP contribution in [0.4, 0.5) is 5.82 Å². The SMILES string of the molecule is CCN1CCN(c2ccc(CNC(=NC)NCCCN3CCCCC3C)cn2)CC1. The number of likely N-dealkylation sites (tertiary alicyclic amines) is 1. The number of rotatable bonds is 8. The van der Waals surface area contributed by atoms with Crippen molar-refractivity contribution < 1.29 is 0 Å². The Morgan fingerprint density at radius 3 is 2.63 bits per heavy atom. The van der Waals surface area contributed by atoms with Crippen molar-refractivity contribution in [3.63, 3.8) is 0 Å². The second-order valence-electron chi connectivity index (χ2n) is 8.53. The topological polar surface area (TPSA) is 59.0 Å². The van der Waals surface area contributed by atoms with Gasteiger partial charge in [-0.3, -0.25) is 4.99 Å². The molecule has 0 aromatic carbocycles. The Morgan fingerprint density at radius 2 is 1.97 bits per heavy atom. The summed E-state index contributed by atoms with van der Waals surface area (Å²) >= 11 is 0. The van der Waals surface area contributed by atoms with Crippen LogP contribution in [0, 0.1) is 0 Å². The van der Waals surface area contributed by atoms with Crippen molar-refractivity contribution in [2.24, 2.45) is 4.99 Å². The molecule has 30 heavy (non-hydrogen) atoms. The molecule has 0 saturated carbocycles. The van der Waals surface area contributed by atoms with E-state index in [2.05, 4.69) is 56.3 Å². The number of piperazine rings is 1. The normalized spacial score (nSPS) is 21.6. The lowest BCUT2D eigenvalue weighted by Gasteiger charge is -2.34. The number of hydrogen-bond acceptors (Lipinski definition) is 5. The first-order chi connectivity index (χ1) is 14.7. The van der Waals surface area contributed by atoms with Crippen LogP contribution in [0.2, 0.25) is 0 Å². The monoisotopic (exact) mass is 415 g/mol. The van der Waals surface area contributed by atoms with Gasteiger partial charge in [-0.25, -0.2) is 4.98 Å². The van der Waals surface area contributed by atoms with Crippen LogP contribution in [0.25, 0.3) is 0 Å². The van der Waals surface area contributed by atoms with Gasteiger partial charge in [0.15, 0.2) is 5.96 Å². The first-order valence-electron chi connectivity index (χ1n) is 11.8. The standard InChI is InChI=1S/C23H41N7/c1-4-28-14-16-30(17-15-28)22-10-9-21(18-26-22)19-27-23(24-3)25-11-7-13-29-12-6-5-8-20(29)2/h9-10,18,20H,4-8,11-17,19H2,1-3H3,(H2,24,25,27). The van der Waals surface area contributed by atoms with E-state index in [-0.39, 0.29) is 0 Å². The Balaban J connectivity index is 1.35. The van der Waals surface area contributed by atoms with Crippen LogP contribution in [0.3, 0.4) is 0 Å². The summed E-state index contributed by atoms with van der Waals surface area (Å²) in [6, 6.07) is 5.06. The first-order valence-corrected chi connectivity index (χ1v) is 11.8. The highest BCUT2D eigenvalue weighted by molar-refractivity contribution is 5.79. The molecule has 2 N–H and O–H groups in total. The molecular formula is C23H41N7. The van der Waals surface area contributed by atoms with Gasteiger partial charge in [0.05, 0.1) is 0 Å². The van der Waals surface area contributed by atoms with Gasteiger partial charge in [-0.1, -0.05) is 19.4 Å². The zero-order valence-corrected chi connectivity index (χ0v) is 19.2. The number of nitrogens with one attached hydrogen (secondary N) is 2. The minimum Gasteiger partial charge on any atom is -0.356 e. The summed E-state index contributed by atoms with van der Waals surface area (Å²) in [4.78, 5) is 16.5. The first kappa shape index (κ1) is 22.8. The number of aliphatic imine (C=N–C) groups is 1. The molecule has 2 aliphatic heterocycles. The van der Waals surface area contributed by atoms with Gasteiger partial charge in [0.25, 0.3) is 0 Å². The highest BCUT2D eigenvalue weighted by Crippen LogP contribution is 2.16. The van der Waals surface area contributed by atoms with Crippen molar-refractivity contribution in [1.82, 2.24) is 25.4 Å². The molecule has 0 bridgehead atoms. The van der Waals surface area contributed by atoms with E-state index in [0.717, 1.165) is 70.1 Å². The van der Waals surface area contributed by atoms with Crippen LogP contribution < -0.4 is 15.5 Å². The Labute approximate surface area is 182 Å². The molecule has 0 spiro atoms. The fourth-order valence-corrected chi connectivity index (χ4v) is 4.39. The molecule has 168 valence electrons. The molecule has 2 fully saturated rings. The van der Waals surface area contributed by atoms with Gasteiger partial charge in [0, 0.05) is 65.1 Å². The summed E-state index contributed by atoms with van der Waals surface area (Å²) < 4.78 is 0. The molecule has 0 aliphatic carbocycles. The number of nitrogens with zero attached hydrogens (tertiary/aromatic N) is 5. The second kappa shape index (κ2) is 12.1. The van der Waals surface area contributed by atoms with Crippen molar-refractivity contribution in [3.8, 4) is 0 Å². The van der Waals surface area contributed by atoms with E-state index in [0.29, 0.717) is 0 Å². The maximum Gasteiger partial charge on any atom is 0.191 e. The average molecular weight is 416 g/mol. The molecule has 1 aromatic heterocycles. The average Bonchev–Trinajstić information content (AvgIpc) is 2.80. The van der Waals surface area contributed by atoms with Crippen molar-refractivity contribution in [1.29, 1.82) is 0 Å². The van der Waals surface area contributed by atoms with E-state index in [1.165, 1.54) is 37.9 Å². The Morgan fingerprint density at radius 1 is 1.13 bits per heavy atom. The van der Waals surface area contributed by atoms with E-state index in [1.807, 2.05) is 13.2 Å². The predicted octanol–water partition coefficient (Wildman–Crippen LogP) is 2.15. The molecule has 0 amide bonds. The smallest absolute Gasteiger partial charge is 0.191 e. The largest absolute Gasteiger partial charge is 0.356 e. The van der Waals surface area contributed by atoms with Gasteiger partial charge in [-0.05, 0) is 50.9 Å². The predicted molar refractivity (Wildman–Crippen MR) is 126 cm³/mol. The van der Waals surface area contributed by atoms with Crippen LogP contribution in [0.15, 0.2) is 23.3 Å². The van der Waals surface area contributed by atoms with Crippen LogP contribution in [-0.4, -0.2) is 86.2 Å². The number of anilines is 1. The summed E-state index contributed by atoms with van der Waals surface area (Å²) in [5, 5.41) is 6.86. The third-order valence-electron chi connectivity index (χ3n) is 6.49. The third-order valence-corrected chi connectivity index (χ3v) is 6.49. The lowest BCUT2D eigenvalue weighted by molar-refractivity contribution is 0.159. The summed E-state index contributed by atoms with van der Waals surface area (Å²) in [5.41, 5.74) is 1.18. The minimum absolute atomic E-state index is 0.736. The van der Waals surface area contributed by atoms with Gasteiger partial charge in [0.1, 0.15) is 5.82 Å². The quantitative estimate of drug-likeness (QED) is 0.385. The van der Waals surface area contributed by atoms with E-state index < -0.39 is 0 Å². The number of hydrogen-bond donors (Lipinski definition) is 2. The fourth-order valence-electron chi connectivity index (χ4n) is 4.39. The Kier molecular flexibility index (Phi) is 9.21. The molecule has 3 heterocycles. The van der Waals surface area contributed by atoms with E-state index in [9.17, 15) is 0 Å². The summed E-state index contributed by atoms with van der Waals surface area (Å²) in [5.74, 6) is 1.95. The van der Waals surface area contributed by atoms with E-state index in [4.69, 9.17) is 4.98 Å². The van der Waals surface area contributed by atoms with Crippen LogP contribution in [0.1, 0.15) is 45.1 Å². The number of pyridine rings is 1. The summed E-state index contributed by atoms with van der Waals surface area (Å²) in [7, 11) is 1.83. The molecule has 0 radical (unpaired) electrons. The van der Waals surface area contributed by atoms with Gasteiger partial charge in [-0.2, -0.15) is 0 Å². The molecule has 1 aromatic rings. The maximum absolute atomic E-state index is 4.69. The van der Waals surface area contributed by atoms with Crippen molar-refractivity contribution >= 4 is 11.8 Å². The zero-order valence-electron chi connectivity index (χ0n) is 19.2. The van der Waals surface area contributed by atoms with Gasteiger partial charge in [0.2, 0.25) is 0 Å². The molecule has 2 aliphatic rings. The van der Waals surface area contributed by atoms with Crippen molar-refractivity contribution in [3.05, 3.63) is 23.9 Å². The van der Waals surface area contributed by atoms with Crippen LogP contribution in [-0.2, 0) is 6.54 Å². The summed E-state index contributed by atoms with van der Waals surface area (Å²) in [6.07, 6.45) is 7.21. The highest BCUT2D eigenvalue weighted by atomic mass is 15.3.